The lowest BCUT2D eigenvalue weighted by Crippen LogP contribution is -2.45. The minimum Gasteiger partial charge on any atom is -0.359 e. The molecule has 4 heterocycles. The van der Waals surface area contributed by atoms with Crippen LogP contribution in [0.25, 0.3) is 22.1 Å². The van der Waals surface area contributed by atoms with E-state index in [1.165, 1.54) is 16.3 Å². The van der Waals surface area contributed by atoms with Crippen molar-refractivity contribution in [1.82, 2.24) is 18.4 Å². The molecule has 0 spiro atoms. The van der Waals surface area contributed by atoms with E-state index in [-0.39, 0.29) is 0 Å². The average Bonchev–Trinajstić information content (AvgIpc) is 3.30. The Morgan fingerprint density at radius 2 is 1.12 bits per heavy atom. The van der Waals surface area contributed by atoms with Crippen molar-refractivity contribution in [2.75, 3.05) is 0 Å². The van der Waals surface area contributed by atoms with Gasteiger partial charge in [0.05, 0.1) is 0 Å². The van der Waals surface area contributed by atoms with Gasteiger partial charge in [0.2, 0.25) is 0 Å². The monoisotopic (exact) mass is 556 g/mol. The molecule has 0 bridgehead atoms. The van der Waals surface area contributed by atoms with E-state index < -0.39 is 16.5 Å². The van der Waals surface area contributed by atoms with E-state index in [9.17, 15) is 0 Å². The number of pyridine rings is 2. The van der Waals surface area contributed by atoms with Gasteiger partial charge in [0.15, 0.2) is 16.5 Å². The molecule has 0 aliphatic rings. The van der Waals surface area contributed by atoms with Gasteiger partial charge >= 0.3 is 0 Å². The smallest absolute Gasteiger partial charge is 0.163 e. The van der Waals surface area contributed by atoms with Crippen LogP contribution < -0.4 is 0 Å². The van der Waals surface area contributed by atoms with Gasteiger partial charge in [0.25, 0.3) is 0 Å². The van der Waals surface area contributed by atoms with Crippen molar-refractivity contribution >= 4 is 54.5 Å². The highest BCUT2D eigenvalue weighted by Crippen LogP contribution is 2.39. The van der Waals surface area contributed by atoms with Crippen LogP contribution in [0, 0.1) is 6.92 Å². The molecule has 4 aromatic heterocycles. The molecule has 0 amide bonds. The topological polar surface area (TPSA) is 35.6 Å². The SMILES string of the molecule is CC(C)(C)[Si](C)(C)n1ccc2cc(Br)cnc21.Cc1cnc2c(ccn2[Si](C)(C)C(C)(C)C)c1. The maximum atomic E-state index is 4.62. The van der Waals surface area contributed by atoms with E-state index in [1.807, 2.05) is 12.4 Å². The summed E-state index contributed by atoms with van der Waals surface area (Å²) in [6.07, 6.45) is 8.26. The van der Waals surface area contributed by atoms with E-state index in [2.05, 4.69) is 146 Å². The Bertz CT molecular complexity index is 1200. The Morgan fingerprint density at radius 3 is 1.56 bits per heavy atom. The Kier molecular flexibility index (Phi) is 7.17. The molecule has 0 aliphatic heterocycles. The first kappa shape index (κ1) is 26.9. The molecule has 0 aliphatic carbocycles. The highest BCUT2D eigenvalue weighted by Gasteiger charge is 2.39. The quantitative estimate of drug-likeness (QED) is 0.231. The molecule has 0 radical (unpaired) electrons. The maximum Gasteiger partial charge on any atom is 0.163 e. The number of aromatic nitrogens is 4. The molecule has 0 N–H and O–H groups in total. The molecule has 7 heteroatoms. The Morgan fingerprint density at radius 1 is 0.706 bits per heavy atom. The summed E-state index contributed by atoms with van der Waals surface area (Å²) in [4.78, 5) is 9.19. The molecule has 4 aromatic rings. The number of halogens is 1. The minimum absolute atomic E-state index is 0.313. The summed E-state index contributed by atoms with van der Waals surface area (Å²) < 4.78 is 5.88. The molecule has 4 rings (SSSR count). The number of aryl methyl sites for hydroxylation is 1. The lowest BCUT2D eigenvalue weighted by molar-refractivity contribution is 0.702. The van der Waals surface area contributed by atoms with Gasteiger partial charge in [-0.05, 0) is 75.2 Å². The molecule has 0 atom stereocenters. The molecule has 0 saturated heterocycles. The van der Waals surface area contributed by atoms with Crippen LogP contribution in [0.15, 0.2) is 53.5 Å². The summed E-state index contributed by atoms with van der Waals surface area (Å²) >= 11 is 3.47. The largest absolute Gasteiger partial charge is 0.359 e. The molecule has 0 saturated carbocycles. The molecule has 184 valence electrons. The van der Waals surface area contributed by atoms with E-state index >= 15 is 0 Å². The Labute approximate surface area is 216 Å². The first-order chi connectivity index (χ1) is 15.5. The Hall–Kier alpha value is -1.71. The number of hydrogen-bond donors (Lipinski definition) is 0. The minimum atomic E-state index is -1.57. The summed E-state index contributed by atoms with van der Waals surface area (Å²) in [6.45, 7) is 25.7. The molecule has 34 heavy (non-hydrogen) atoms. The highest BCUT2D eigenvalue weighted by molar-refractivity contribution is 9.10. The second-order valence-electron chi connectivity index (χ2n) is 12.5. The van der Waals surface area contributed by atoms with Gasteiger partial charge in [-0.2, -0.15) is 0 Å². The summed E-state index contributed by atoms with van der Waals surface area (Å²) in [7, 11) is -3.13. The third-order valence-electron chi connectivity index (χ3n) is 8.03. The van der Waals surface area contributed by atoms with Crippen molar-refractivity contribution in [3.63, 3.8) is 0 Å². The van der Waals surface area contributed by atoms with Crippen LogP contribution in [-0.4, -0.2) is 34.9 Å². The fraction of sp³-hybridized carbons (Fsp3) is 0.481. The van der Waals surface area contributed by atoms with Crippen molar-refractivity contribution in [2.45, 2.75) is 84.7 Å². The van der Waals surface area contributed by atoms with Gasteiger partial charge in [0, 0.05) is 27.6 Å². The van der Waals surface area contributed by atoms with Crippen LogP contribution in [0.3, 0.4) is 0 Å². The van der Waals surface area contributed by atoms with Crippen LogP contribution in [0.1, 0.15) is 47.1 Å². The van der Waals surface area contributed by atoms with Crippen LogP contribution in [0.4, 0.5) is 0 Å². The molecular weight excluding hydrogens is 516 g/mol. The van der Waals surface area contributed by atoms with Gasteiger partial charge in [-0.25, -0.2) is 9.97 Å². The predicted octanol–water partition coefficient (Wildman–Crippen LogP) is 8.85. The van der Waals surface area contributed by atoms with Crippen LogP contribution in [0.5, 0.6) is 0 Å². The lowest BCUT2D eigenvalue weighted by atomic mass is 10.2. The Balaban J connectivity index is 0.000000191. The zero-order valence-electron chi connectivity index (χ0n) is 22.8. The van der Waals surface area contributed by atoms with E-state index in [4.69, 9.17) is 0 Å². The fourth-order valence-electron chi connectivity index (χ4n) is 3.76. The van der Waals surface area contributed by atoms with Crippen molar-refractivity contribution in [3.05, 3.63) is 59.1 Å². The average molecular weight is 558 g/mol. The first-order valence-electron chi connectivity index (χ1n) is 12.0. The number of fused-ring (bicyclic) bond motifs is 2. The second kappa shape index (κ2) is 9.06. The zero-order valence-corrected chi connectivity index (χ0v) is 26.4. The van der Waals surface area contributed by atoms with Gasteiger partial charge in [0.1, 0.15) is 11.3 Å². The third-order valence-corrected chi connectivity index (χ3v) is 18.9. The van der Waals surface area contributed by atoms with Crippen molar-refractivity contribution in [1.29, 1.82) is 0 Å². The highest BCUT2D eigenvalue weighted by atomic mass is 79.9. The van der Waals surface area contributed by atoms with Crippen molar-refractivity contribution in [2.24, 2.45) is 0 Å². The molecular formula is C27H41BrN4Si2. The van der Waals surface area contributed by atoms with Crippen molar-refractivity contribution in [3.8, 4) is 0 Å². The third kappa shape index (κ3) is 4.97. The molecule has 0 aromatic carbocycles. The summed E-state index contributed by atoms with van der Waals surface area (Å²) in [5.74, 6) is 0. The lowest BCUT2D eigenvalue weighted by Gasteiger charge is -2.38. The summed E-state index contributed by atoms with van der Waals surface area (Å²) in [5, 5.41) is 3.11. The van der Waals surface area contributed by atoms with Crippen molar-refractivity contribution < 1.29 is 0 Å². The number of nitrogens with zero attached hydrogens (tertiary/aromatic N) is 4. The number of hydrogen-bond acceptors (Lipinski definition) is 2. The molecule has 4 nitrogen and oxygen atoms in total. The van der Waals surface area contributed by atoms with E-state index in [0.29, 0.717) is 10.1 Å². The number of rotatable bonds is 2. The molecule has 0 fully saturated rings. The van der Waals surface area contributed by atoms with E-state index in [1.54, 1.807) is 0 Å². The van der Waals surface area contributed by atoms with E-state index in [0.717, 1.165) is 15.8 Å². The van der Waals surface area contributed by atoms with Gasteiger partial charge in [-0.3, -0.25) is 0 Å². The normalized spacial score (nSPS) is 13.3. The van der Waals surface area contributed by atoms with Crippen LogP contribution in [0.2, 0.25) is 36.3 Å². The maximum absolute atomic E-state index is 4.62. The standard InChI is InChI=1S/C14H22N2Si.C13H19BrN2Si/c1-11-9-12-7-8-16(13(12)15-10-11)17(5,6)14(2,3)4;1-13(2,3)17(4,5)16-7-6-10-8-11(14)9-15-12(10)16/h7-10H,1-6H3;6-9H,1-5H3. The summed E-state index contributed by atoms with van der Waals surface area (Å²) in [5.41, 5.74) is 3.48. The van der Waals surface area contributed by atoms with Crippen LogP contribution in [-0.2, 0) is 0 Å². The fourth-order valence-corrected chi connectivity index (χ4v) is 7.88. The predicted molar refractivity (Wildman–Crippen MR) is 157 cm³/mol. The zero-order chi connectivity index (χ0) is 25.7. The second-order valence-corrected chi connectivity index (χ2v) is 23.6. The van der Waals surface area contributed by atoms with Gasteiger partial charge < -0.3 is 8.47 Å². The first-order valence-corrected chi connectivity index (χ1v) is 18.7. The van der Waals surface area contributed by atoms with Gasteiger partial charge in [-0.15, -0.1) is 0 Å². The summed E-state index contributed by atoms with van der Waals surface area (Å²) in [6, 6.07) is 8.70. The molecule has 0 unspecified atom stereocenters. The van der Waals surface area contributed by atoms with Gasteiger partial charge in [-0.1, -0.05) is 67.7 Å². The van der Waals surface area contributed by atoms with Crippen LogP contribution >= 0.6 is 15.9 Å².